The third kappa shape index (κ3) is 3.35. The van der Waals surface area contributed by atoms with E-state index in [9.17, 15) is 9.59 Å². The van der Waals surface area contributed by atoms with E-state index in [1.807, 2.05) is 43.1 Å². The molecule has 2 aliphatic rings. The Labute approximate surface area is 193 Å². The van der Waals surface area contributed by atoms with E-state index in [4.69, 9.17) is 18.9 Å². The fraction of sp³-hybridized carbons (Fsp3) is 0.308. The summed E-state index contributed by atoms with van der Waals surface area (Å²) in [5.41, 5.74) is 4.59. The van der Waals surface area contributed by atoms with Gasteiger partial charge in [0.1, 0.15) is 0 Å². The molecule has 0 aromatic heterocycles. The molecule has 0 spiro atoms. The maximum atomic E-state index is 13.7. The van der Waals surface area contributed by atoms with Crippen LogP contribution < -0.4 is 14.2 Å². The van der Waals surface area contributed by atoms with Gasteiger partial charge in [0.25, 0.3) is 0 Å². The minimum absolute atomic E-state index is 0.111. The summed E-state index contributed by atoms with van der Waals surface area (Å²) in [4.78, 5) is 28.8. The molecule has 33 heavy (non-hydrogen) atoms. The van der Waals surface area contributed by atoms with Crippen LogP contribution >= 0.6 is 0 Å². The molecule has 4 rings (SSSR count). The van der Waals surface area contributed by atoms with Crippen molar-refractivity contribution in [1.29, 1.82) is 0 Å². The Balaban J connectivity index is 2.03. The number of ether oxygens (including phenoxy) is 4. The number of allylic oxidation sites excluding steroid dienone is 2. The number of esters is 1. The lowest BCUT2D eigenvalue weighted by atomic mass is 9.79. The van der Waals surface area contributed by atoms with Gasteiger partial charge >= 0.3 is 5.97 Å². The van der Waals surface area contributed by atoms with Gasteiger partial charge in [0.05, 0.1) is 39.2 Å². The molecule has 1 unspecified atom stereocenters. The average molecular weight is 450 g/mol. The monoisotopic (exact) mass is 449 g/mol. The minimum Gasteiger partial charge on any atom is -0.493 e. The molecule has 0 N–H and O–H groups in total. The van der Waals surface area contributed by atoms with Gasteiger partial charge in [0.2, 0.25) is 5.75 Å². The summed E-state index contributed by atoms with van der Waals surface area (Å²) in [6.07, 6.45) is 0. The number of rotatable bonds is 6. The third-order valence-electron chi connectivity index (χ3n) is 6.25. The van der Waals surface area contributed by atoms with Gasteiger partial charge in [0, 0.05) is 35.4 Å². The number of Topliss-reactive ketones (excluding diaryl/α,β-unsaturated/α-hetero) is 1. The zero-order chi connectivity index (χ0) is 23.9. The van der Waals surface area contributed by atoms with Gasteiger partial charge in [-0.05, 0) is 31.5 Å². The van der Waals surface area contributed by atoms with Crippen molar-refractivity contribution in [2.24, 2.45) is 0 Å². The van der Waals surface area contributed by atoms with Crippen molar-refractivity contribution in [1.82, 2.24) is 4.90 Å². The highest BCUT2D eigenvalue weighted by Crippen LogP contribution is 2.52. The lowest BCUT2D eigenvalue weighted by molar-refractivity contribution is -0.138. The first-order valence-corrected chi connectivity index (χ1v) is 10.7. The predicted octanol–water partition coefficient (Wildman–Crippen LogP) is 4.19. The molecule has 172 valence electrons. The smallest absolute Gasteiger partial charge is 0.336 e. The Morgan fingerprint density at radius 3 is 2.15 bits per heavy atom. The maximum Gasteiger partial charge on any atom is 0.336 e. The van der Waals surface area contributed by atoms with E-state index in [-0.39, 0.29) is 12.4 Å². The van der Waals surface area contributed by atoms with E-state index in [1.54, 1.807) is 19.1 Å². The number of carbonyl (C=O) groups excluding carboxylic acids is 2. The first-order chi connectivity index (χ1) is 15.9. The van der Waals surface area contributed by atoms with Gasteiger partial charge in [-0.2, -0.15) is 0 Å². The summed E-state index contributed by atoms with van der Waals surface area (Å²) in [6, 6.07) is 11.1. The van der Waals surface area contributed by atoms with Crippen molar-refractivity contribution in [3.8, 4) is 17.2 Å². The van der Waals surface area contributed by atoms with Crippen molar-refractivity contribution >= 4 is 17.4 Å². The van der Waals surface area contributed by atoms with E-state index in [0.29, 0.717) is 39.5 Å². The Morgan fingerprint density at radius 1 is 1.00 bits per heavy atom. The van der Waals surface area contributed by atoms with Crippen LogP contribution in [0.1, 0.15) is 41.3 Å². The van der Waals surface area contributed by atoms with E-state index in [0.717, 1.165) is 17.0 Å². The Bertz CT molecular complexity index is 1180. The summed E-state index contributed by atoms with van der Waals surface area (Å²) >= 11 is 0. The standard InChI is InChI=1S/C26H27NO6/c1-7-33-26(29)20-14(2)27(3)23-16-10-8-9-11-17(16)24(28)22(23)21(20)15-12-18(30-4)25(32-6)19(13-15)31-5/h8-13,21H,7H2,1-6H3. The Hall–Kier alpha value is -3.74. The summed E-state index contributed by atoms with van der Waals surface area (Å²) in [7, 11) is 6.46. The summed E-state index contributed by atoms with van der Waals surface area (Å²) in [6.45, 7) is 3.85. The van der Waals surface area contributed by atoms with Gasteiger partial charge in [-0.25, -0.2) is 4.79 Å². The van der Waals surface area contributed by atoms with Gasteiger partial charge in [0.15, 0.2) is 17.3 Å². The van der Waals surface area contributed by atoms with Crippen LogP contribution in [0, 0.1) is 0 Å². The molecule has 0 radical (unpaired) electrons. The van der Waals surface area contributed by atoms with Crippen LogP contribution in [0.5, 0.6) is 17.2 Å². The van der Waals surface area contributed by atoms with Crippen molar-refractivity contribution < 1.29 is 28.5 Å². The number of fused-ring (bicyclic) bond motifs is 2. The van der Waals surface area contributed by atoms with Crippen LogP contribution in [0.25, 0.3) is 5.70 Å². The molecule has 1 heterocycles. The first kappa shape index (κ1) is 22.5. The molecular weight excluding hydrogens is 422 g/mol. The highest BCUT2D eigenvalue weighted by Gasteiger charge is 2.45. The summed E-state index contributed by atoms with van der Waals surface area (Å²) in [5.74, 6) is 0.0825. The molecule has 0 bridgehead atoms. The second-order valence-electron chi connectivity index (χ2n) is 7.81. The van der Waals surface area contributed by atoms with Crippen LogP contribution in [0.4, 0.5) is 0 Å². The van der Waals surface area contributed by atoms with Crippen molar-refractivity contribution in [2.45, 2.75) is 19.8 Å². The quantitative estimate of drug-likeness (QED) is 0.613. The van der Waals surface area contributed by atoms with Gasteiger partial charge < -0.3 is 23.8 Å². The zero-order valence-corrected chi connectivity index (χ0v) is 19.6. The molecule has 0 saturated heterocycles. The molecule has 7 nitrogen and oxygen atoms in total. The van der Waals surface area contributed by atoms with Crippen molar-refractivity contribution in [2.75, 3.05) is 35.0 Å². The highest BCUT2D eigenvalue weighted by atomic mass is 16.5. The van der Waals surface area contributed by atoms with Crippen molar-refractivity contribution in [3.63, 3.8) is 0 Å². The number of ketones is 1. The molecule has 2 aromatic carbocycles. The van der Waals surface area contributed by atoms with Gasteiger partial charge in [-0.15, -0.1) is 0 Å². The van der Waals surface area contributed by atoms with Crippen LogP contribution in [0.15, 0.2) is 53.2 Å². The van der Waals surface area contributed by atoms with Crippen LogP contribution in [0.2, 0.25) is 0 Å². The van der Waals surface area contributed by atoms with E-state index < -0.39 is 11.9 Å². The molecule has 1 aliphatic carbocycles. The van der Waals surface area contributed by atoms with Gasteiger partial charge in [-0.3, -0.25) is 4.79 Å². The minimum atomic E-state index is -0.663. The lowest BCUT2D eigenvalue weighted by Gasteiger charge is -2.35. The summed E-state index contributed by atoms with van der Waals surface area (Å²) < 4.78 is 22.0. The molecule has 7 heteroatoms. The number of hydrogen-bond acceptors (Lipinski definition) is 7. The van der Waals surface area contributed by atoms with E-state index >= 15 is 0 Å². The Kier molecular flexibility index (Phi) is 5.89. The molecule has 0 saturated carbocycles. The lowest BCUT2D eigenvalue weighted by Crippen LogP contribution is -2.30. The molecule has 0 fully saturated rings. The van der Waals surface area contributed by atoms with Gasteiger partial charge in [-0.1, -0.05) is 24.3 Å². The second-order valence-corrected chi connectivity index (χ2v) is 7.81. The fourth-order valence-corrected chi connectivity index (χ4v) is 4.69. The third-order valence-corrected chi connectivity index (χ3v) is 6.25. The SMILES string of the molecule is CCOC(=O)C1=C(C)N(C)C2=C(C(=O)c3ccccc32)C1c1cc(OC)c(OC)c(OC)c1. The predicted molar refractivity (Wildman–Crippen MR) is 124 cm³/mol. The number of benzene rings is 2. The zero-order valence-electron chi connectivity index (χ0n) is 19.6. The van der Waals surface area contributed by atoms with E-state index in [2.05, 4.69) is 0 Å². The highest BCUT2D eigenvalue weighted by molar-refractivity contribution is 6.23. The van der Waals surface area contributed by atoms with E-state index in [1.165, 1.54) is 21.3 Å². The molecule has 1 aliphatic heterocycles. The number of methoxy groups -OCH3 is 3. The average Bonchev–Trinajstić information content (AvgIpc) is 3.12. The van der Waals surface area contributed by atoms with Crippen LogP contribution in [0.3, 0.4) is 0 Å². The summed E-state index contributed by atoms with van der Waals surface area (Å²) in [5, 5.41) is 0. The number of carbonyl (C=O) groups is 2. The number of hydrogen-bond donors (Lipinski definition) is 0. The Morgan fingerprint density at radius 2 is 1.61 bits per heavy atom. The second kappa shape index (κ2) is 8.65. The van der Waals surface area contributed by atoms with Crippen LogP contribution in [-0.2, 0) is 9.53 Å². The normalized spacial score (nSPS) is 17.1. The molecule has 0 amide bonds. The molecule has 1 atom stereocenters. The topological polar surface area (TPSA) is 74.3 Å². The molecule has 2 aromatic rings. The maximum absolute atomic E-state index is 13.7. The fourth-order valence-electron chi connectivity index (χ4n) is 4.69. The van der Waals surface area contributed by atoms with Crippen molar-refractivity contribution in [3.05, 3.63) is 69.9 Å². The molecular formula is C26H27NO6. The van der Waals surface area contributed by atoms with Crippen LogP contribution in [-0.4, -0.2) is 51.6 Å². The first-order valence-electron chi connectivity index (χ1n) is 10.7. The largest absolute Gasteiger partial charge is 0.493 e. The number of nitrogens with zero attached hydrogens (tertiary/aromatic N) is 1.